The zero-order valence-electron chi connectivity index (χ0n) is 13.2. The van der Waals surface area contributed by atoms with Crippen LogP contribution in [0.5, 0.6) is 0 Å². The number of rotatable bonds is 4. The van der Waals surface area contributed by atoms with Gasteiger partial charge in [-0.15, -0.1) is 0 Å². The Balaban J connectivity index is 1.55. The number of sulfonamides is 1. The molecule has 0 bridgehead atoms. The third-order valence-electron chi connectivity index (χ3n) is 4.53. The topological polar surface area (TPSA) is 60.9 Å². The molecule has 2 aliphatic heterocycles. The minimum atomic E-state index is -3.42. The molecule has 1 aromatic carbocycles. The fraction of sp³-hybridized carbons (Fsp3) is 0.562. The van der Waals surface area contributed by atoms with E-state index in [9.17, 15) is 13.2 Å². The summed E-state index contributed by atoms with van der Waals surface area (Å²) in [6, 6.07) is 8.52. The molecule has 0 radical (unpaired) electrons. The Labute approximate surface area is 137 Å². The van der Waals surface area contributed by atoms with Crippen molar-refractivity contribution in [2.45, 2.75) is 17.7 Å². The molecule has 2 heterocycles. The van der Waals surface area contributed by atoms with Gasteiger partial charge in [-0.05, 0) is 25.0 Å². The van der Waals surface area contributed by atoms with Gasteiger partial charge in [0.05, 0.1) is 11.4 Å². The maximum absolute atomic E-state index is 12.6. The highest BCUT2D eigenvalue weighted by Gasteiger charge is 2.29. The molecule has 7 heteroatoms. The smallest absolute Gasteiger partial charge is 0.243 e. The van der Waals surface area contributed by atoms with E-state index < -0.39 is 10.0 Å². The number of amides is 1. The van der Waals surface area contributed by atoms with E-state index in [4.69, 9.17) is 0 Å². The molecule has 2 fully saturated rings. The minimum Gasteiger partial charge on any atom is -0.342 e. The predicted molar refractivity (Wildman–Crippen MR) is 87.5 cm³/mol. The molecule has 2 aliphatic rings. The highest BCUT2D eigenvalue weighted by atomic mass is 32.2. The van der Waals surface area contributed by atoms with E-state index in [-0.39, 0.29) is 5.91 Å². The van der Waals surface area contributed by atoms with Crippen LogP contribution in [0.1, 0.15) is 12.8 Å². The fourth-order valence-corrected chi connectivity index (χ4v) is 4.57. The van der Waals surface area contributed by atoms with Gasteiger partial charge in [0.25, 0.3) is 0 Å². The van der Waals surface area contributed by atoms with Gasteiger partial charge in [-0.2, -0.15) is 4.31 Å². The molecule has 1 aromatic rings. The van der Waals surface area contributed by atoms with Gasteiger partial charge in [0.2, 0.25) is 15.9 Å². The number of likely N-dealkylation sites (tertiary alicyclic amines) is 1. The lowest BCUT2D eigenvalue weighted by Crippen LogP contribution is -2.51. The zero-order chi connectivity index (χ0) is 16.3. The molecule has 0 aliphatic carbocycles. The average molecular weight is 337 g/mol. The number of piperazine rings is 1. The lowest BCUT2D eigenvalue weighted by Gasteiger charge is -2.34. The van der Waals surface area contributed by atoms with Crippen LogP contribution < -0.4 is 0 Å². The van der Waals surface area contributed by atoms with E-state index in [2.05, 4.69) is 4.90 Å². The Morgan fingerprint density at radius 1 is 0.913 bits per heavy atom. The van der Waals surface area contributed by atoms with Gasteiger partial charge in [0.1, 0.15) is 0 Å². The molecule has 0 aromatic heterocycles. The Bertz CT molecular complexity index is 634. The van der Waals surface area contributed by atoms with Crippen molar-refractivity contribution in [1.29, 1.82) is 0 Å². The molecular weight excluding hydrogens is 314 g/mol. The summed E-state index contributed by atoms with van der Waals surface area (Å²) in [5.74, 6) is 0.168. The van der Waals surface area contributed by atoms with Gasteiger partial charge < -0.3 is 4.90 Å². The van der Waals surface area contributed by atoms with Gasteiger partial charge in [-0.1, -0.05) is 18.2 Å². The molecular formula is C16H23N3O3S. The van der Waals surface area contributed by atoms with E-state index >= 15 is 0 Å². The first kappa shape index (κ1) is 16.4. The molecule has 0 N–H and O–H groups in total. The molecule has 3 rings (SSSR count). The van der Waals surface area contributed by atoms with Crippen LogP contribution in [0.25, 0.3) is 0 Å². The van der Waals surface area contributed by atoms with Crippen LogP contribution in [-0.2, 0) is 14.8 Å². The van der Waals surface area contributed by atoms with Crippen LogP contribution in [0.2, 0.25) is 0 Å². The molecule has 126 valence electrons. The normalized spacial score (nSPS) is 20.8. The second kappa shape index (κ2) is 6.98. The van der Waals surface area contributed by atoms with Crippen molar-refractivity contribution in [3.8, 4) is 0 Å². The van der Waals surface area contributed by atoms with Crippen molar-refractivity contribution in [3.05, 3.63) is 30.3 Å². The van der Waals surface area contributed by atoms with E-state index in [1.165, 1.54) is 4.31 Å². The summed E-state index contributed by atoms with van der Waals surface area (Å²) in [6.45, 7) is 4.20. The predicted octanol–water partition coefficient (Wildman–Crippen LogP) is 0.615. The van der Waals surface area contributed by atoms with Crippen LogP contribution in [0.3, 0.4) is 0 Å². The average Bonchev–Trinajstić information content (AvgIpc) is 3.11. The van der Waals surface area contributed by atoms with Crippen molar-refractivity contribution in [3.63, 3.8) is 0 Å². The number of hydrogen-bond acceptors (Lipinski definition) is 4. The maximum atomic E-state index is 12.6. The molecule has 0 saturated carbocycles. The second-order valence-electron chi connectivity index (χ2n) is 6.08. The summed E-state index contributed by atoms with van der Waals surface area (Å²) in [4.78, 5) is 16.5. The van der Waals surface area contributed by atoms with Crippen molar-refractivity contribution in [1.82, 2.24) is 14.1 Å². The maximum Gasteiger partial charge on any atom is 0.243 e. The van der Waals surface area contributed by atoms with Gasteiger partial charge >= 0.3 is 0 Å². The molecule has 1 amide bonds. The fourth-order valence-electron chi connectivity index (χ4n) is 3.13. The van der Waals surface area contributed by atoms with Crippen LogP contribution in [0, 0.1) is 0 Å². The van der Waals surface area contributed by atoms with E-state index in [1.807, 2.05) is 4.90 Å². The van der Waals surface area contributed by atoms with Gasteiger partial charge in [0.15, 0.2) is 0 Å². The zero-order valence-corrected chi connectivity index (χ0v) is 14.0. The van der Waals surface area contributed by atoms with E-state index in [1.54, 1.807) is 30.3 Å². The lowest BCUT2D eigenvalue weighted by molar-refractivity contribution is -0.131. The second-order valence-corrected chi connectivity index (χ2v) is 8.02. The Morgan fingerprint density at radius 2 is 1.52 bits per heavy atom. The minimum absolute atomic E-state index is 0.168. The van der Waals surface area contributed by atoms with Gasteiger partial charge in [0, 0.05) is 39.3 Å². The first-order valence-corrected chi connectivity index (χ1v) is 9.57. The van der Waals surface area contributed by atoms with Crippen LogP contribution >= 0.6 is 0 Å². The van der Waals surface area contributed by atoms with Crippen LogP contribution in [-0.4, -0.2) is 74.2 Å². The monoisotopic (exact) mass is 337 g/mol. The number of benzene rings is 1. The summed E-state index contributed by atoms with van der Waals surface area (Å²) in [6.07, 6.45) is 2.18. The van der Waals surface area contributed by atoms with Gasteiger partial charge in [-0.3, -0.25) is 9.69 Å². The van der Waals surface area contributed by atoms with E-state index in [0.29, 0.717) is 37.6 Å². The van der Waals surface area contributed by atoms with Crippen molar-refractivity contribution >= 4 is 15.9 Å². The third kappa shape index (κ3) is 3.73. The third-order valence-corrected chi connectivity index (χ3v) is 6.44. The van der Waals surface area contributed by atoms with Crippen molar-refractivity contribution in [2.75, 3.05) is 45.8 Å². The van der Waals surface area contributed by atoms with E-state index in [0.717, 1.165) is 25.9 Å². The number of hydrogen-bond donors (Lipinski definition) is 0. The first-order chi connectivity index (χ1) is 11.1. The number of nitrogens with zero attached hydrogens (tertiary/aromatic N) is 3. The standard InChI is InChI=1S/C16H23N3O3S/c20-16(18-8-4-5-9-18)14-17-10-12-19(13-11-17)23(21,22)15-6-2-1-3-7-15/h1-3,6-7H,4-5,8-14H2. The Hall–Kier alpha value is -1.44. The molecule has 23 heavy (non-hydrogen) atoms. The van der Waals surface area contributed by atoms with Crippen LogP contribution in [0.4, 0.5) is 0 Å². The quantitative estimate of drug-likeness (QED) is 0.808. The molecule has 0 spiro atoms. The van der Waals surface area contributed by atoms with Gasteiger partial charge in [-0.25, -0.2) is 8.42 Å². The summed E-state index contributed by atoms with van der Waals surface area (Å²) < 4.78 is 26.6. The number of carbonyl (C=O) groups is 1. The molecule has 6 nitrogen and oxygen atoms in total. The number of carbonyl (C=O) groups excluding carboxylic acids is 1. The summed E-state index contributed by atoms with van der Waals surface area (Å²) in [5.41, 5.74) is 0. The SMILES string of the molecule is O=C(CN1CCN(S(=O)(=O)c2ccccc2)CC1)N1CCCC1. The summed E-state index contributed by atoms with van der Waals surface area (Å²) in [5, 5.41) is 0. The molecule has 0 atom stereocenters. The lowest BCUT2D eigenvalue weighted by atomic mass is 10.3. The highest BCUT2D eigenvalue weighted by molar-refractivity contribution is 7.89. The largest absolute Gasteiger partial charge is 0.342 e. The summed E-state index contributed by atoms with van der Waals surface area (Å²) in [7, 11) is -3.42. The highest BCUT2D eigenvalue weighted by Crippen LogP contribution is 2.17. The van der Waals surface area contributed by atoms with Crippen LogP contribution in [0.15, 0.2) is 35.2 Å². The summed E-state index contributed by atoms with van der Waals surface area (Å²) >= 11 is 0. The Kier molecular flexibility index (Phi) is 4.99. The first-order valence-electron chi connectivity index (χ1n) is 8.13. The molecule has 2 saturated heterocycles. The van der Waals surface area contributed by atoms with Crippen molar-refractivity contribution in [2.24, 2.45) is 0 Å². The Morgan fingerprint density at radius 3 is 2.13 bits per heavy atom. The molecule has 0 unspecified atom stereocenters. The van der Waals surface area contributed by atoms with Crippen molar-refractivity contribution < 1.29 is 13.2 Å².